The van der Waals surface area contributed by atoms with Crippen LogP contribution in [0.3, 0.4) is 0 Å². The lowest BCUT2D eigenvalue weighted by Gasteiger charge is -2.13. The lowest BCUT2D eigenvalue weighted by Crippen LogP contribution is -2.32. The van der Waals surface area contributed by atoms with Gasteiger partial charge in [-0.25, -0.2) is 10.1 Å². The van der Waals surface area contributed by atoms with Crippen molar-refractivity contribution in [3.63, 3.8) is 0 Å². The van der Waals surface area contributed by atoms with Crippen molar-refractivity contribution in [2.45, 2.75) is 19.4 Å². The van der Waals surface area contributed by atoms with E-state index in [1.165, 1.54) is 0 Å². The summed E-state index contributed by atoms with van der Waals surface area (Å²) < 4.78 is 5.81. The molecule has 2 aromatic heterocycles. The molecule has 10 heteroatoms. The molecule has 0 amide bonds. The van der Waals surface area contributed by atoms with Gasteiger partial charge in [0.25, 0.3) is 5.56 Å². The Morgan fingerprint density at radius 1 is 1.23 bits per heavy atom. The summed E-state index contributed by atoms with van der Waals surface area (Å²) >= 11 is 0. The molecule has 0 spiro atoms. The summed E-state index contributed by atoms with van der Waals surface area (Å²) in [5, 5.41) is 19.0. The highest BCUT2D eigenvalue weighted by atomic mass is 16.5. The molecular weight excluding hydrogens is 400 g/mol. The predicted octanol–water partition coefficient (Wildman–Crippen LogP) is 1.73. The predicted molar refractivity (Wildman–Crippen MR) is 114 cm³/mol. The molecule has 0 unspecified atom stereocenters. The van der Waals surface area contributed by atoms with Crippen LogP contribution in [0, 0.1) is 0 Å². The highest BCUT2D eigenvalue weighted by molar-refractivity contribution is 5.77. The van der Waals surface area contributed by atoms with E-state index in [9.17, 15) is 9.59 Å². The van der Waals surface area contributed by atoms with Gasteiger partial charge in [0.15, 0.2) is 11.2 Å². The van der Waals surface area contributed by atoms with Gasteiger partial charge in [-0.2, -0.15) is 0 Å². The minimum absolute atomic E-state index is 0.134. The quantitative estimate of drug-likeness (QED) is 0.352. The van der Waals surface area contributed by atoms with Crippen molar-refractivity contribution in [1.29, 1.82) is 0 Å². The lowest BCUT2D eigenvalue weighted by atomic mass is 9.98. The molecule has 0 saturated heterocycles. The first-order valence-electron chi connectivity index (χ1n) is 9.62. The van der Waals surface area contributed by atoms with Crippen LogP contribution in [0.4, 0.5) is 0 Å². The SMILES string of the molecule is CCOc1cc(-c2cccc(C[C@@H](N)C(=O)O)c2)ccc1-c1nc2[nH]nnc2c(=O)[nH]1. The molecule has 2 aromatic carbocycles. The number of nitrogens with two attached hydrogens (primary N) is 1. The number of nitrogens with zero attached hydrogens (tertiary/aromatic N) is 3. The highest BCUT2D eigenvalue weighted by Crippen LogP contribution is 2.33. The Balaban J connectivity index is 1.74. The number of nitrogens with one attached hydrogen (secondary N) is 2. The van der Waals surface area contributed by atoms with Gasteiger partial charge in [-0.3, -0.25) is 9.59 Å². The number of hydrogen-bond acceptors (Lipinski definition) is 7. The van der Waals surface area contributed by atoms with Crippen molar-refractivity contribution >= 4 is 17.1 Å². The van der Waals surface area contributed by atoms with Crippen molar-refractivity contribution < 1.29 is 14.6 Å². The minimum atomic E-state index is -1.04. The molecule has 4 rings (SSSR count). The Kier molecular flexibility index (Phi) is 5.46. The molecule has 158 valence electrons. The zero-order valence-electron chi connectivity index (χ0n) is 16.6. The zero-order chi connectivity index (χ0) is 22.0. The average molecular weight is 420 g/mol. The monoisotopic (exact) mass is 420 g/mol. The van der Waals surface area contributed by atoms with E-state index in [4.69, 9.17) is 15.6 Å². The third-order valence-corrected chi connectivity index (χ3v) is 4.77. The second kappa shape index (κ2) is 8.36. The number of carboxylic acid groups (broad SMARTS) is 1. The van der Waals surface area contributed by atoms with Gasteiger partial charge in [-0.15, -0.1) is 5.10 Å². The summed E-state index contributed by atoms with van der Waals surface area (Å²) in [7, 11) is 0. The van der Waals surface area contributed by atoms with Gasteiger partial charge in [0, 0.05) is 0 Å². The fourth-order valence-electron chi connectivity index (χ4n) is 3.28. The molecular formula is C21H20N6O4. The van der Waals surface area contributed by atoms with Crippen LogP contribution in [0.15, 0.2) is 47.3 Å². The molecule has 0 aliphatic heterocycles. The van der Waals surface area contributed by atoms with Gasteiger partial charge in [0.1, 0.15) is 17.6 Å². The highest BCUT2D eigenvalue weighted by Gasteiger charge is 2.15. The molecule has 4 aromatic rings. The Morgan fingerprint density at radius 2 is 2.03 bits per heavy atom. The van der Waals surface area contributed by atoms with Gasteiger partial charge in [-0.1, -0.05) is 35.5 Å². The van der Waals surface area contributed by atoms with Crippen molar-refractivity contribution in [3.05, 3.63) is 58.4 Å². The maximum Gasteiger partial charge on any atom is 0.320 e. The average Bonchev–Trinajstić information content (AvgIpc) is 3.23. The summed E-state index contributed by atoms with van der Waals surface area (Å²) in [6.45, 7) is 2.28. The minimum Gasteiger partial charge on any atom is -0.493 e. The van der Waals surface area contributed by atoms with E-state index in [0.717, 1.165) is 16.7 Å². The van der Waals surface area contributed by atoms with E-state index >= 15 is 0 Å². The van der Waals surface area contributed by atoms with Gasteiger partial charge >= 0.3 is 5.97 Å². The molecule has 0 aliphatic rings. The van der Waals surface area contributed by atoms with E-state index in [-0.39, 0.29) is 17.6 Å². The molecule has 2 heterocycles. The van der Waals surface area contributed by atoms with Gasteiger partial charge in [0.2, 0.25) is 0 Å². The fraction of sp³-hybridized carbons (Fsp3) is 0.190. The standard InChI is InChI=1S/C21H20N6O4/c1-2-31-16-10-13(12-5-3-4-11(8-12)9-15(22)21(29)30)6-7-14(16)18-23-19-17(20(28)24-18)25-27-26-19/h3-8,10,15H,2,9,22H2,1H3,(H,29,30)(H2,23,24,25,26,27,28)/t15-/m1/s1. The first-order chi connectivity index (χ1) is 15.0. The van der Waals surface area contributed by atoms with Crippen LogP contribution >= 0.6 is 0 Å². The molecule has 5 N–H and O–H groups in total. The molecule has 31 heavy (non-hydrogen) atoms. The van der Waals surface area contributed by atoms with Crippen LogP contribution in [-0.2, 0) is 11.2 Å². The van der Waals surface area contributed by atoms with Crippen LogP contribution in [0.1, 0.15) is 12.5 Å². The maximum atomic E-state index is 12.3. The number of hydrogen-bond donors (Lipinski definition) is 4. The third-order valence-electron chi connectivity index (χ3n) is 4.77. The Hall–Kier alpha value is -4.05. The molecule has 0 fully saturated rings. The summed E-state index contributed by atoms with van der Waals surface area (Å²) in [4.78, 5) is 30.4. The van der Waals surface area contributed by atoms with Gasteiger partial charge in [0.05, 0.1) is 12.2 Å². The lowest BCUT2D eigenvalue weighted by molar-refractivity contribution is -0.138. The van der Waals surface area contributed by atoms with Gasteiger partial charge < -0.3 is 20.6 Å². The number of benzene rings is 2. The summed E-state index contributed by atoms with van der Waals surface area (Å²) in [5.41, 5.74) is 8.86. The van der Waals surface area contributed by atoms with Crippen molar-refractivity contribution in [1.82, 2.24) is 25.4 Å². The molecule has 0 bridgehead atoms. The third kappa shape index (κ3) is 4.14. The number of carbonyl (C=O) groups is 1. The number of aromatic amines is 2. The van der Waals surface area contributed by atoms with Crippen LogP contribution in [0.5, 0.6) is 5.75 Å². The molecule has 0 saturated carbocycles. The van der Waals surface area contributed by atoms with E-state index in [2.05, 4.69) is 25.4 Å². The topological polar surface area (TPSA) is 160 Å². The largest absolute Gasteiger partial charge is 0.493 e. The summed E-state index contributed by atoms with van der Waals surface area (Å²) in [6, 6.07) is 12.1. The van der Waals surface area contributed by atoms with Crippen LogP contribution in [-0.4, -0.2) is 49.1 Å². The second-order valence-corrected chi connectivity index (χ2v) is 6.92. The zero-order valence-corrected chi connectivity index (χ0v) is 16.6. The number of fused-ring (bicyclic) bond motifs is 1. The van der Waals surface area contributed by atoms with Crippen LogP contribution < -0.4 is 16.0 Å². The first-order valence-corrected chi connectivity index (χ1v) is 9.62. The number of ether oxygens (including phenoxy) is 1. The van der Waals surface area contributed by atoms with E-state index in [1.807, 2.05) is 49.4 Å². The second-order valence-electron chi connectivity index (χ2n) is 6.92. The maximum absolute atomic E-state index is 12.3. The van der Waals surface area contributed by atoms with Crippen molar-refractivity contribution in [3.8, 4) is 28.3 Å². The van der Waals surface area contributed by atoms with Crippen molar-refractivity contribution in [2.24, 2.45) is 5.73 Å². The first kappa shape index (κ1) is 20.2. The van der Waals surface area contributed by atoms with Gasteiger partial charge in [-0.05, 0) is 42.2 Å². The number of H-pyrrole nitrogens is 2. The van der Waals surface area contributed by atoms with Crippen LogP contribution in [0.25, 0.3) is 33.7 Å². The molecule has 0 aliphatic carbocycles. The van der Waals surface area contributed by atoms with Crippen LogP contribution in [0.2, 0.25) is 0 Å². The normalized spacial score (nSPS) is 12.1. The Bertz CT molecular complexity index is 1310. The fourth-order valence-corrected chi connectivity index (χ4v) is 3.28. The Labute approximate surface area is 176 Å². The van der Waals surface area contributed by atoms with E-state index < -0.39 is 17.6 Å². The number of aliphatic carboxylic acids is 1. The number of carboxylic acids is 1. The molecule has 10 nitrogen and oxygen atoms in total. The Morgan fingerprint density at radius 3 is 2.81 bits per heavy atom. The number of rotatable bonds is 7. The molecule has 0 radical (unpaired) electrons. The van der Waals surface area contributed by atoms with Crippen molar-refractivity contribution in [2.75, 3.05) is 6.61 Å². The van der Waals surface area contributed by atoms with E-state index in [1.54, 1.807) is 0 Å². The molecule has 1 atom stereocenters. The smallest absolute Gasteiger partial charge is 0.320 e. The van der Waals surface area contributed by atoms with E-state index in [0.29, 0.717) is 23.7 Å². The summed E-state index contributed by atoms with van der Waals surface area (Å²) in [5.74, 6) is -0.165. The number of aromatic nitrogens is 5. The summed E-state index contributed by atoms with van der Waals surface area (Å²) in [6.07, 6.45) is 0.225.